The number of rotatable bonds is 4. The van der Waals surface area contributed by atoms with Gasteiger partial charge in [0.15, 0.2) is 0 Å². The van der Waals surface area contributed by atoms with Crippen molar-refractivity contribution in [2.45, 2.75) is 45.7 Å². The lowest BCUT2D eigenvalue weighted by Gasteiger charge is -2.27. The number of hydrogen-bond acceptors (Lipinski definition) is 2. The zero-order valence-corrected chi connectivity index (χ0v) is 20.2. The summed E-state index contributed by atoms with van der Waals surface area (Å²) in [5.74, 6) is -0.0562. The van der Waals surface area contributed by atoms with Gasteiger partial charge in [-0.2, -0.15) is 0 Å². The Kier molecular flexibility index (Phi) is 5.93. The van der Waals surface area contributed by atoms with E-state index in [0.717, 1.165) is 59.5 Å². The second kappa shape index (κ2) is 9.03. The molecule has 0 bridgehead atoms. The van der Waals surface area contributed by atoms with E-state index in [1.54, 1.807) is 0 Å². The fraction of sp³-hybridized carbons (Fsp3) is 0.267. The van der Waals surface area contributed by atoms with Crippen LogP contribution in [0.2, 0.25) is 0 Å². The molecule has 0 aliphatic carbocycles. The maximum atomic E-state index is 13.7. The third kappa shape index (κ3) is 4.59. The minimum absolute atomic E-state index is 0.0562. The molecule has 0 fully saturated rings. The van der Waals surface area contributed by atoms with Gasteiger partial charge in [-0.25, -0.2) is 0 Å². The number of hydrogen-bond donors (Lipinski definition) is 2. The molecule has 1 aliphatic rings. The van der Waals surface area contributed by atoms with Gasteiger partial charge in [0.1, 0.15) is 13.1 Å². The number of quaternary nitrogens is 1. The Morgan fingerprint density at radius 1 is 0.941 bits per heavy atom. The van der Waals surface area contributed by atoms with Gasteiger partial charge >= 0.3 is 0 Å². The molecule has 1 unspecified atom stereocenters. The largest absolute Gasteiger partial charge is 0.327 e. The maximum absolute atomic E-state index is 13.7. The van der Waals surface area contributed by atoms with Gasteiger partial charge in [0.25, 0.3) is 5.91 Å². The summed E-state index contributed by atoms with van der Waals surface area (Å²) < 4.78 is 0. The first-order valence-corrected chi connectivity index (χ1v) is 12.1. The first kappa shape index (κ1) is 22.3. The second-order valence-corrected chi connectivity index (χ2v) is 10.3. The lowest BCUT2D eigenvalue weighted by molar-refractivity contribution is -0.929. The highest BCUT2D eigenvalue weighted by Crippen LogP contribution is 2.27. The molecule has 1 amide bonds. The van der Waals surface area contributed by atoms with Crippen LogP contribution in [0.1, 0.15) is 53.5 Å². The Balaban J connectivity index is 1.48. The summed E-state index contributed by atoms with van der Waals surface area (Å²) in [6, 6.07) is 26.8. The highest BCUT2D eigenvalue weighted by atomic mass is 16.1. The van der Waals surface area contributed by atoms with Crippen molar-refractivity contribution in [2.75, 3.05) is 11.9 Å². The van der Waals surface area contributed by atoms with Gasteiger partial charge in [0.2, 0.25) is 0 Å². The number of fused-ring (bicyclic) bond motifs is 2. The number of carbonyl (C=O) groups excluding carboxylic acids is 1. The normalized spacial score (nSPS) is 15.7. The summed E-state index contributed by atoms with van der Waals surface area (Å²) in [5.41, 5.74) is 7.26. The third-order valence-corrected chi connectivity index (χ3v) is 6.75. The number of nitrogens with one attached hydrogen (secondary N) is 2. The maximum Gasteiger partial charge on any atom is 0.256 e. The van der Waals surface area contributed by atoms with Crippen LogP contribution in [0.5, 0.6) is 0 Å². The van der Waals surface area contributed by atoms with Crippen LogP contribution in [0.4, 0.5) is 5.69 Å². The predicted octanol–water partition coefficient (Wildman–Crippen LogP) is 4.93. The number of carbonyl (C=O) groups is 1. The Morgan fingerprint density at radius 3 is 2.38 bits per heavy atom. The summed E-state index contributed by atoms with van der Waals surface area (Å²) in [6.07, 6.45) is 0.878. The minimum Gasteiger partial charge on any atom is -0.327 e. The average Bonchev–Trinajstić information content (AvgIpc) is 2.83. The molecule has 0 saturated carbocycles. The van der Waals surface area contributed by atoms with E-state index >= 15 is 0 Å². The van der Waals surface area contributed by atoms with Crippen molar-refractivity contribution in [3.63, 3.8) is 0 Å². The number of benzene rings is 3. The van der Waals surface area contributed by atoms with Gasteiger partial charge in [0.05, 0.1) is 23.3 Å². The van der Waals surface area contributed by atoms with Gasteiger partial charge in [-0.05, 0) is 29.2 Å². The Morgan fingerprint density at radius 2 is 1.65 bits per heavy atom. The van der Waals surface area contributed by atoms with Gasteiger partial charge < -0.3 is 10.2 Å². The number of nitrogens with zero attached hydrogens (tertiary/aromatic N) is 1. The van der Waals surface area contributed by atoms with Crippen LogP contribution in [0.25, 0.3) is 10.9 Å². The summed E-state index contributed by atoms with van der Waals surface area (Å²) in [5, 5.41) is 4.09. The summed E-state index contributed by atoms with van der Waals surface area (Å²) in [6.45, 7) is 9.34. The van der Waals surface area contributed by atoms with E-state index in [1.807, 2.05) is 36.4 Å². The average molecular weight is 451 g/mol. The predicted molar refractivity (Wildman–Crippen MR) is 138 cm³/mol. The monoisotopic (exact) mass is 450 g/mol. The molecule has 4 nitrogen and oxygen atoms in total. The quantitative estimate of drug-likeness (QED) is 0.463. The zero-order chi connectivity index (χ0) is 23.7. The lowest BCUT2D eigenvalue weighted by atomic mass is 9.87. The SMILES string of the molecule is CC(C)(C)c1ccc(NC(=O)c2c3c(nc4ccccc24)CC[NH+](Cc2ccccc2)C3)cc1. The van der Waals surface area contributed by atoms with Gasteiger partial charge in [-0.1, -0.05) is 81.4 Å². The van der Waals surface area contributed by atoms with E-state index in [4.69, 9.17) is 4.98 Å². The number of pyridine rings is 1. The number of aromatic nitrogens is 1. The fourth-order valence-corrected chi connectivity index (χ4v) is 4.87. The van der Waals surface area contributed by atoms with Crippen molar-refractivity contribution >= 4 is 22.5 Å². The molecule has 34 heavy (non-hydrogen) atoms. The molecular weight excluding hydrogens is 418 g/mol. The van der Waals surface area contributed by atoms with E-state index < -0.39 is 0 Å². The molecule has 1 atom stereocenters. The summed E-state index contributed by atoms with van der Waals surface area (Å²) >= 11 is 0. The van der Waals surface area contributed by atoms with Crippen LogP contribution in [-0.2, 0) is 24.9 Å². The van der Waals surface area contributed by atoms with Crippen molar-refractivity contribution in [1.29, 1.82) is 0 Å². The topological polar surface area (TPSA) is 46.4 Å². The Labute approximate surface area is 201 Å². The fourth-order valence-electron chi connectivity index (χ4n) is 4.87. The lowest BCUT2D eigenvalue weighted by Crippen LogP contribution is -3.10. The van der Waals surface area contributed by atoms with Gasteiger partial charge in [-0.15, -0.1) is 0 Å². The van der Waals surface area contributed by atoms with E-state index in [0.29, 0.717) is 0 Å². The molecule has 4 aromatic rings. The second-order valence-electron chi connectivity index (χ2n) is 10.3. The number of anilines is 1. The van der Waals surface area contributed by atoms with Crippen molar-refractivity contribution in [3.8, 4) is 0 Å². The van der Waals surface area contributed by atoms with Gasteiger partial charge in [-0.3, -0.25) is 9.78 Å². The minimum atomic E-state index is -0.0562. The number of amides is 1. The van der Waals surface area contributed by atoms with Crippen molar-refractivity contribution in [3.05, 3.63) is 107 Å². The molecule has 2 N–H and O–H groups in total. The molecule has 1 aliphatic heterocycles. The molecule has 0 spiro atoms. The van der Waals surface area contributed by atoms with Crippen LogP contribution >= 0.6 is 0 Å². The molecular formula is C30H32N3O+. The summed E-state index contributed by atoms with van der Waals surface area (Å²) in [4.78, 5) is 20.1. The molecule has 0 saturated heterocycles. The van der Waals surface area contributed by atoms with Crippen LogP contribution in [0.3, 0.4) is 0 Å². The van der Waals surface area contributed by atoms with E-state index in [1.165, 1.54) is 16.0 Å². The van der Waals surface area contributed by atoms with Crippen molar-refractivity contribution in [1.82, 2.24) is 4.98 Å². The van der Waals surface area contributed by atoms with Crippen molar-refractivity contribution in [2.24, 2.45) is 0 Å². The van der Waals surface area contributed by atoms with Crippen LogP contribution in [0, 0.1) is 0 Å². The molecule has 172 valence electrons. The van der Waals surface area contributed by atoms with Crippen LogP contribution in [0.15, 0.2) is 78.9 Å². The highest BCUT2D eigenvalue weighted by Gasteiger charge is 2.28. The standard InChI is InChI=1S/C30H31N3O/c1-30(2,3)22-13-15-23(16-14-22)31-29(34)28-24-11-7-8-12-26(24)32-27-17-18-33(20-25(27)28)19-21-9-5-4-6-10-21/h4-16H,17-20H2,1-3H3,(H,31,34)/p+1. The molecule has 0 radical (unpaired) electrons. The number of para-hydroxylation sites is 1. The van der Waals surface area contributed by atoms with Crippen LogP contribution in [-0.4, -0.2) is 17.4 Å². The first-order valence-electron chi connectivity index (χ1n) is 12.1. The molecule has 3 aromatic carbocycles. The summed E-state index contributed by atoms with van der Waals surface area (Å²) in [7, 11) is 0. The van der Waals surface area contributed by atoms with Crippen LogP contribution < -0.4 is 10.2 Å². The highest BCUT2D eigenvalue weighted by molar-refractivity contribution is 6.13. The van der Waals surface area contributed by atoms with Gasteiger partial charge in [0, 0.05) is 28.6 Å². The Bertz CT molecular complexity index is 1320. The third-order valence-electron chi connectivity index (χ3n) is 6.75. The smallest absolute Gasteiger partial charge is 0.256 e. The molecule has 4 heteroatoms. The molecule has 5 rings (SSSR count). The molecule has 2 heterocycles. The molecule has 1 aromatic heterocycles. The van der Waals surface area contributed by atoms with Crippen molar-refractivity contribution < 1.29 is 9.69 Å². The Hall–Kier alpha value is -3.50. The van der Waals surface area contributed by atoms with E-state index in [2.05, 4.69) is 68.6 Å². The first-order chi connectivity index (χ1) is 16.4. The van der Waals surface area contributed by atoms with E-state index in [-0.39, 0.29) is 11.3 Å². The zero-order valence-electron chi connectivity index (χ0n) is 20.2. The van der Waals surface area contributed by atoms with E-state index in [9.17, 15) is 4.79 Å².